The van der Waals surface area contributed by atoms with E-state index in [2.05, 4.69) is 26.1 Å². The first-order valence-electron chi connectivity index (χ1n) is 4.58. The first-order chi connectivity index (χ1) is 7.20. The van der Waals surface area contributed by atoms with Crippen molar-refractivity contribution in [3.63, 3.8) is 0 Å². The molecule has 2 aromatic rings. The van der Waals surface area contributed by atoms with Gasteiger partial charge in [-0.1, -0.05) is 28.0 Å². The van der Waals surface area contributed by atoms with Crippen LogP contribution in [0, 0.1) is 0 Å². The Balaban J connectivity index is 2.48. The van der Waals surface area contributed by atoms with Crippen molar-refractivity contribution in [2.45, 2.75) is 13.3 Å². The number of nitrogen functional groups attached to an aromatic ring is 1. The maximum atomic E-state index is 5.82. The minimum atomic E-state index is 0.464. The van der Waals surface area contributed by atoms with E-state index in [1.54, 1.807) is 6.07 Å². The SMILES string of the molecule is CCc1noc(-c2cc(Br)ccc2N)n1. The zero-order valence-electron chi connectivity index (χ0n) is 8.20. The Hall–Kier alpha value is -1.36. The lowest BCUT2D eigenvalue weighted by Gasteiger charge is -2.00. The second-order valence-corrected chi connectivity index (χ2v) is 4.02. The first kappa shape index (κ1) is 10.2. The van der Waals surface area contributed by atoms with Crippen LogP contribution in [0.25, 0.3) is 11.5 Å². The number of anilines is 1. The van der Waals surface area contributed by atoms with Gasteiger partial charge in [0.15, 0.2) is 5.82 Å². The average molecular weight is 268 g/mol. The predicted octanol–water partition coefficient (Wildman–Crippen LogP) is 2.64. The molecule has 2 rings (SSSR count). The molecule has 0 unspecified atom stereocenters. The van der Waals surface area contributed by atoms with Gasteiger partial charge in [0.2, 0.25) is 0 Å². The summed E-state index contributed by atoms with van der Waals surface area (Å²) in [4.78, 5) is 4.22. The van der Waals surface area contributed by atoms with E-state index < -0.39 is 0 Å². The Labute approximate surface area is 95.6 Å². The summed E-state index contributed by atoms with van der Waals surface area (Å²) < 4.78 is 6.05. The molecule has 2 N–H and O–H groups in total. The van der Waals surface area contributed by atoms with Gasteiger partial charge < -0.3 is 10.3 Å². The van der Waals surface area contributed by atoms with Gasteiger partial charge >= 0.3 is 0 Å². The van der Waals surface area contributed by atoms with Crippen molar-refractivity contribution in [2.75, 3.05) is 5.73 Å². The van der Waals surface area contributed by atoms with E-state index in [1.807, 2.05) is 19.1 Å². The minimum Gasteiger partial charge on any atom is -0.398 e. The molecule has 0 bridgehead atoms. The maximum Gasteiger partial charge on any atom is 0.260 e. The molecule has 0 saturated carbocycles. The van der Waals surface area contributed by atoms with Gasteiger partial charge in [-0.25, -0.2) is 0 Å². The molecule has 15 heavy (non-hydrogen) atoms. The van der Waals surface area contributed by atoms with Gasteiger partial charge in [0.25, 0.3) is 5.89 Å². The summed E-state index contributed by atoms with van der Waals surface area (Å²) in [6.07, 6.45) is 0.747. The fourth-order valence-corrected chi connectivity index (χ4v) is 1.58. The lowest BCUT2D eigenvalue weighted by Crippen LogP contribution is -1.90. The number of hydrogen-bond acceptors (Lipinski definition) is 4. The number of aromatic nitrogens is 2. The molecule has 0 amide bonds. The zero-order valence-corrected chi connectivity index (χ0v) is 9.78. The number of rotatable bonds is 2. The Kier molecular flexibility index (Phi) is 2.73. The van der Waals surface area contributed by atoms with Crippen molar-refractivity contribution in [1.82, 2.24) is 10.1 Å². The molecule has 1 aromatic heterocycles. The van der Waals surface area contributed by atoms with Crippen LogP contribution in [0.5, 0.6) is 0 Å². The summed E-state index contributed by atoms with van der Waals surface area (Å²) in [6, 6.07) is 5.54. The number of nitrogens with two attached hydrogens (primary N) is 1. The highest BCUT2D eigenvalue weighted by Crippen LogP contribution is 2.27. The molecule has 0 aliphatic heterocycles. The molecule has 0 fully saturated rings. The van der Waals surface area contributed by atoms with Crippen molar-refractivity contribution >= 4 is 21.6 Å². The molecule has 0 atom stereocenters. The van der Waals surface area contributed by atoms with Crippen molar-refractivity contribution in [3.8, 4) is 11.5 Å². The second-order valence-electron chi connectivity index (χ2n) is 3.10. The molecular formula is C10H10BrN3O. The molecule has 1 heterocycles. The van der Waals surface area contributed by atoms with Crippen molar-refractivity contribution in [2.24, 2.45) is 0 Å². The van der Waals surface area contributed by atoms with E-state index >= 15 is 0 Å². The Morgan fingerprint density at radius 3 is 2.93 bits per heavy atom. The zero-order chi connectivity index (χ0) is 10.8. The van der Waals surface area contributed by atoms with Gasteiger partial charge in [-0.05, 0) is 18.2 Å². The van der Waals surface area contributed by atoms with Gasteiger partial charge in [-0.2, -0.15) is 4.98 Å². The Bertz CT molecular complexity index is 481. The highest BCUT2D eigenvalue weighted by atomic mass is 79.9. The van der Waals surface area contributed by atoms with Crippen LogP contribution in [-0.4, -0.2) is 10.1 Å². The smallest absolute Gasteiger partial charge is 0.260 e. The molecule has 5 heteroatoms. The van der Waals surface area contributed by atoms with Crippen LogP contribution < -0.4 is 5.73 Å². The van der Waals surface area contributed by atoms with E-state index in [4.69, 9.17) is 10.3 Å². The Morgan fingerprint density at radius 1 is 1.47 bits per heavy atom. The molecule has 78 valence electrons. The van der Waals surface area contributed by atoms with Crippen molar-refractivity contribution < 1.29 is 4.52 Å². The number of hydrogen-bond donors (Lipinski definition) is 1. The largest absolute Gasteiger partial charge is 0.398 e. The fraction of sp³-hybridized carbons (Fsp3) is 0.200. The van der Waals surface area contributed by atoms with Gasteiger partial charge in [-0.3, -0.25) is 0 Å². The summed E-state index contributed by atoms with van der Waals surface area (Å²) in [5.74, 6) is 1.15. The van der Waals surface area contributed by atoms with E-state index in [0.717, 1.165) is 16.5 Å². The molecule has 0 aliphatic rings. The summed E-state index contributed by atoms with van der Waals surface area (Å²) in [6.45, 7) is 1.97. The highest BCUT2D eigenvalue weighted by Gasteiger charge is 2.10. The number of halogens is 1. The average Bonchev–Trinajstić information content (AvgIpc) is 2.70. The lowest BCUT2D eigenvalue weighted by molar-refractivity contribution is 0.423. The van der Waals surface area contributed by atoms with Gasteiger partial charge in [0.05, 0.1) is 5.56 Å². The number of nitrogens with zero attached hydrogens (tertiary/aromatic N) is 2. The molecule has 0 aliphatic carbocycles. The minimum absolute atomic E-state index is 0.464. The van der Waals surface area contributed by atoms with E-state index in [9.17, 15) is 0 Å². The molecule has 0 saturated heterocycles. The monoisotopic (exact) mass is 267 g/mol. The first-order valence-corrected chi connectivity index (χ1v) is 5.38. The van der Waals surface area contributed by atoms with Crippen molar-refractivity contribution in [1.29, 1.82) is 0 Å². The third kappa shape index (κ3) is 2.02. The predicted molar refractivity (Wildman–Crippen MR) is 61.2 cm³/mol. The molecule has 4 nitrogen and oxygen atoms in total. The van der Waals surface area contributed by atoms with Crippen LogP contribution in [0.4, 0.5) is 5.69 Å². The van der Waals surface area contributed by atoms with Crippen LogP contribution in [0.1, 0.15) is 12.7 Å². The van der Waals surface area contributed by atoms with Crippen LogP contribution in [-0.2, 0) is 6.42 Å². The molecule has 1 aromatic carbocycles. The van der Waals surface area contributed by atoms with E-state index in [0.29, 0.717) is 17.4 Å². The standard InChI is InChI=1S/C10H10BrN3O/c1-2-9-13-10(15-14-9)7-5-6(11)3-4-8(7)12/h3-5H,2,12H2,1H3. The summed E-state index contributed by atoms with van der Waals surface area (Å²) in [5, 5.41) is 3.82. The number of benzene rings is 1. The van der Waals surface area contributed by atoms with Gasteiger partial charge in [0.1, 0.15) is 0 Å². The number of aryl methyl sites for hydroxylation is 1. The van der Waals surface area contributed by atoms with Gasteiger partial charge in [-0.15, -0.1) is 0 Å². The Morgan fingerprint density at radius 2 is 2.27 bits per heavy atom. The van der Waals surface area contributed by atoms with Crippen LogP contribution in [0.15, 0.2) is 27.2 Å². The molecule has 0 spiro atoms. The van der Waals surface area contributed by atoms with E-state index in [1.165, 1.54) is 0 Å². The summed E-state index contributed by atoms with van der Waals surface area (Å²) in [7, 11) is 0. The molecular weight excluding hydrogens is 258 g/mol. The fourth-order valence-electron chi connectivity index (χ4n) is 1.22. The second kappa shape index (κ2) is 4.02. The van der Waals surface area contributed by atoms with Crippen LogP contribution in [0.2, 0.25) is 0 Å². The molecule has 0 radical (unpaired) electrons. The normalized spacial score (nSPS) is 10.5. The van der Waals surface area contributed by atoms with Gasteiger partial charge in [0, 0.05) is 16.6 Å². The van der Waals surface area contributed by atoms with E-state index in [-0.39, 0.29) is 0 Å². The summed E-state index contributed by atoms with van der Waals surface area (Å²) in [5.41, 5.74) is 7.21. The lowest BCUT2D eigenvalue weighted by atomic mass is 10.2. The maximum absolute atomic E-state index is 5.82. The van der Waals surface area contributed by atoms with Crippen LogP contribution in [0.3, 0.4) is 0 Å². The van der Waals surface area contributed by atoms with Crippen molar-refractivity contribution in [3.05, 3.63) is 28.5 Å². The third-order valence-corrected chi connectivity index (χ3v) is 2.52. The quantitative estimate of drug-likeness (QED) is 0.850. The summed E-state index contributed by atoms with van der Waals surface area (Å²) >= 11 is 3.37. The van der Waals surface area contributed by atoms with Crippen LogP contribution >= 0.6 is 15.9 Å². The third-order valence-electron chi connectivity index (χ3n) is 2.03. The topological polar surface area (TPSA) is 64.9 Å². The highest BCUT2D eigenvalue weighted by molar-refractivity contribution is 9.10.